The van der Waals surface area contributed by atoms with Gasteiger partial charge in [0, 0.05) is 28.3 Å². The first-order chi connectivity index (χ1) is 28.3. The molecule has 20 nitrogen and oxygen atoms in total. The molecular weight excluding hydrogens is 798 g/mol. The van der Waals surface area contributed by atoms with E-state index in [-0.39, 0.29) is 34.4 Å². The van der Waals surface area contributed by atoms with E-state index in [2.05, 4.69) is 5.32 Å². The molecule has 0 saturated carbocycles. The van der Waals surface area contributed by atoms with E-state index in [0.29, 0.717) is 0 Å². The first kappa shape index (κ1) is 42.8. The predicted octanol–water partition coefficient (Wildman–Crippen LogP) is -0.449. The fourth-order valence-corrected chi connectivity index (χ4v) is 8.12. The summed E-state index contributed by atoms with van der Waals surface area (Å²) < 4.78 is 28.2. The summed E-state index contributed by atoms with van der Waals surface area (Å²) in [5, 5.41) is 112. The molecule has 2 heterocycles. The highest BCUT2D eigenvalue weighted by molar-refractivity contribution is 6.31. The van der Waals surface area contributed by atoms with Gasteiger partial charge in [-0.15, -0.1) is 0 Å². The van der Waals surface area contributed by atoms with Gasteiger partial charge in [-0.25, -0.2) is 4.79 Å². The van der Waals surface area contributed by atoms with Crippen molar-refractivity contribution < 1.29 is 93.9 Å². The number of carboxylic acids is 1. The first-order valence-electron chi connectivity index (χ1n) is 18.8. The number of phenols is 3. The van der Waals surface area contributed by atoms with Crippen LogP contribution < -0.4 is 10.1 Å². The Kier molecular flexibility index (Phi) is 11.4. The number of carboxylic acid groups (broad SMARTS) is 1. The average Bonchev–Trinajstić information content (AvgIpc) is 3.20. The number of carbonyl (C=O) groups is 4. The van der Waals surface area contributed by atoms with Gasteiger partial charge in [-0.2, -0.15) is 0 Å². The van der Waals surface area contributed by atoms with Crippen LogP contribution in [0.3, 0.4) is 0 Å². The van der Waals surface area contributed by atoms with E-state index in [0.717, 1.165) is 12.1 Å². The Labute approximate surface area is 339 Å². The van der Waals surface area contributed by atoms with Crippen molar-refractivity contribution in [1.29, 1.82) is 0 Å². The summed E-state index contributed by atoms with van der Waals surface area (Å²) >= 11 is 0. The van der Waals surface area contributed by atoms with Gasteiger partial charge in [0.1, 0.15) is 77.9 Å². The topological polar surface area (TPSA) is 329 Å². The SMILES string of the molecule is CC[C@@H](NC(=O)c1c(C)cc2c(c1O)-c1c(cc3c(c1O)C(=O)c1cc(OC)cc(O)c1C3=O)[C@H](O)[C@H]2O[C@@H]1O[C@H](C)[C@H](O)[C@H](O[C@@H]2OC[C@@H](O)[C@H](O)[C@H]2O)[C@H]1O)C(=O)O. The molecule has 4 aliphatic rings. The molecule has 3 aromatic rings. The zero-order valence-corrected chi connectivity index (χ0v) is 32.3. The Bertz CT molecular complexity index is 2280. The molecule has 11 N–H and O–H groups in total. The molecule has 0 radical (unpaired) electrons. The van der Waals surface area contributed by atoms with Gasteiger partial charge in [-0.05, 0) is 49.1 Å². The van der Waals surface area contributed by atoms with Crippen molar-refractivity contribution in [3.63, 3.8) is 0 Å². The minimum absolute atomic E-state index is 0.00464. The number of benzene rings is 3. The number of phenolic OH excluding ortho intramolecular Hbond substituents is 3. The van der Waals surface area contributed by atoms with Gasteiger partial charge in [-0.1, -0.05) is 13.0 Å². The minimum atomic E-state index is -1.96. The molecule has 322 valence electrons. The van der Waals surface area contributed by atoms with Crippen LogP contribution in [0.5, 0.6) is 23.0 Å². The minimum Gasteiger partial charge on any atom is -0.507 e. The number of hydrogen-bond donors (Lipinski definition) is 11. The number of aryl methyl sites for hydroxylation is 1. The van der Waals surface area contributed by atoms with Gasteiger partial charge in [0.25, 0.3) is 5.91 Å². The molecular formula is C40H43NO19. The standard InChI is InChI=1S/C40H43NO19/c1-5-18(38(54)55)41-37(53)21-11(2)6-17-24(31(21)49)23-15(9-16-25(32(23)50)28(46)14-7-13(56-4)8-19(42)22(14)27(16)45)29(47)35(17)59-40-34(52)36(26(44)12(3)58-40)60-39-33(51)30(48)20(43)10-57-39/h6-9,12,18,20,26,29-30,33-36,39-40,42-44,47-52H,5,10H2,1-4H3,(H,41,53)(H,54,55)/t12-,18-,20-,26+,29+,30+,33-,34-,35+,36+,39+,40+/m1/s1. The third-order valence-electron chi connectivity index (χ3n) is 11.3. The molecule has 20 heteroatoms. The van der Waals surface area contributed by atoms with Crippen molar-refractivity contribution in [3.05, 3.63) is 68.8 Å². The van der Waals surface area contributed by atoms with Crippen molar-refractivity contribution in [2.45, 2.75) is 101 Å². The highest BCUT2D eigenvalue weighted by Crippen LogP contribution is 2.57. The molecule has 60 heavy (non-hydrogen) atoms. The Morgan fingerprint density at radius 1 is 0.817 bits per heavy atom. The van der Waals surface area contributed by atoms with Crippen LogP contribution in [0.15, 0.2) is 24.3 Å². The highest BCUT2D eigenvalue weighted by Gasteiger charge is 2.51. The molecule has 0 aromatic heterocycles. The number of hydrogen-bond acceptors (Lipinski definition) is 18. The van der Waals surface area contributed by atoms with Gasteiger partial charge in [0.15, 0.2) is 24.1 Å². The van der Waals surface area contributed by atoms with Crippen LogP contribution in [0.1, 0.15) is 91.4 Å². The van der Waals surface area contributed by atoms with E-state index in [1.807, 2.05) is 0 Å². The molecule has 2 fully saturated rings. The van der Waals surface area contributed by atoms with E-state index < -0.39 is 154 Å². The fraction of sp³-hybridized carbons (Fsp3) is 0.450. The van der Waals surface area contributed by atoms with Gasteiger partial charge < -0.3 is 80.1 Å². The molecule has 0 bridgehead atoms. The molecule has 2 aliphatic heterocycles. The van der Waals surface area contributed by atoms with Crippen molar-refractivity contribution >= 4 is 23.4 Å². The van der Waals surface area contributed by atoms with E-state index in [1.165, 1.54) is 40.0 Å². The number of ketones is 2. The predicted molar refractivity (Wildman–Crippen MR) is 198 cm³/mol. The average molecular weight is 842 g/mol. The number of aliphatic carboxylic acids is 1. The van der Waals surface area contributed by atoms with E-state index in [4.69, 9.17) is 23.7 Å². The number of methoxy groups -OCH3 is 1. The monoisotopic (exact) mass is 841 g/mol. The lowest BCUT2D eigenvalue weighted by Crippen LogP contribution is -2.62. The van der Waals surface area contributed by atoms with Crippen LogP contribution in [-0.4, -0.2) is 150 Å². The summed E-state index contributed by atoms with van der Waals surface area (Å²) in [7, 11) is 1.26. The molecule has 3 aromatic carbocycles. The lowest BCUT2D eigenvalue weighted by molar-refractivity contribution is -0.353. The van der Waals surface area contributed by atoms with E-state index in [9.17, 15) is 70.2 Å². The van der Waals surface area contributed by atoms with Gasteiger partial charge >= 0.3 is 5.97 Å². The van der Waals surface area contributed by atoms with E-state index in [1.54, 1.807) is 0 Å². The smallest absolute Gasteiger partial charge is 0.326 e. The molecule has 2 aliphatic carbocycles. The van der Waals surface area contributed by atoms with Crippen LogP contribution in [0.4, 0.5) is 0 Å². The number of fused-ring (bicyclic) bond motifs is 5. The van der Waals surface area contributed by atoms with Crippen molar-refractivity contribution in [2.75, 3.05) is 13.7 Å². The fourth-order valence-electron chi connectivity index (χ4n) is 8.12. The Morgan fingerprint density at radius 3 is 2.12 bits per heavy atom. The van der Waals surface area contributed by atoms with E-state index >= 15 is 0 Å². The third-order valence-corrected chi connectivity index (χ3v) is 11.3. The summed E-state index contributed by atoms with van der Waals surface area (Å²) in [5.74, 6) is -6.73. The van der Waals surface area contributed by atoms with Crippen LogP contribution in [0, 0.1) is 6.92 Å². The van der Waals surface area contributed by atoms with Crippen LogP contribution in [0.25, 0.3) is 11.1 Å². The number of aliphatic hydroxyl groups is 6. The van der Waals surface area contributed by atoms with Crippen LogP contribution >= 0.6 is 0 Å². The number of aliphatic hydroxyl groups excluding tert-OH is 6. The molecule has 1 amide bonds. The lowest BCUT2D eigenvalue weighted by Gasteiger charge is -2.45. The molecule has 0 unspecified atom stereocenters. The van der Waals surface area contributed by atoms with Crippen molar-refractivity contribution in [1.82, 2.24) is 5.32 Å². The van der Waals surface area contributed by atoms with Gasteiger partial charge in [-0.3, -0.25) is 14.4 Å². The zero-order chi connectivity index (χ0) is 43.8. The second-order valence-corrected chi connectivity index (χ2v) is 15.0. The number of aromatic hydroxyl groups is 3. The summed E-state index contributed by atoms with van der Waals surface area (Å²) in [4.78, 5) is 53.6. The van der Waals surface area contributed by atoms with Crippen molar-refractivity contribution in [2.24, 2.45) is 0 Å². The quantitative estimate of drug-likeness (QED) is 0.102. The second-order valence-electron chi connectivity index (χ2n) is 15.0. The summed E-state index contributed by atoms with van der Waals surface area (Å²) in [6.45, 7) is 3.77. The number of nitrogens with one attached hydrogen (secondary N) is 1. The number of rotatable bonds is 9. The van der Waals surface area contributed by atoms with Crippen LogP contribution in [-0.2, 0) is 23.7 Å². The van der Waals surface area contributed by atoms with Crippen LogP contribution in [0.2, 0.25) is 0 Å². The summed E-state index contributed by atoms with van der Waals surface area (Å²) in [5.41, 5.74) is -3.62. The number of amides is 1. The maximum atomic E-state index is 14.1. The van der Waals surface area contributed by atoms with Gasteiger partial charge in [0.2, 0.25) is 0 Å². The molecule has 2 saturated heterocycles. The maximum absolute atomic E-state index is 14.1. The highest BCUT2D eigenvalue weighted by atomic mass is 16.7. The Hall–Kier alpha value is -5.26. The normalized spacial score (nSPS) is 30.1. The molecule has 12 atom stereocenters. The summed E-state index contributed by atoms with van der Waals surface area (Å²) in [6.07, 6.45) is -18.6. The molecule has 0 spiro atoms. The first-order valence-corrected chi connectivity index (χ1v) is 18.8. The Balaban J connectivity index is 1.37. The summed E-state index contributed by atoms with van der Waals surface area (Å²) in [6, 6.07) is 3.19. The largest absolute Gasteiger partial charge is 0.507 e. The molecule has 7 rings (SSSR count). The van der Waals surface area contributed by atoms with Crippen molar-refractivity contribution in [3.8, 4) is 34.1 Å². The van der Waals surface area contributed by atoms with Gasteiger partial charge in [0.05, 0.1) is 36.5 Å². The lowest BCUT2D eigenvalue weighted by atomic mass is 9.74. The zero-order valence-electron chi connectivity index (χ0n) is 32.3. The Morgan fingerprint density at radius 2 is 1.47 bits per heavy atom. The number of carbonyl (C=O) groups excluding carboxylic acids is 3. The second kappa shape index (κ2) is 16.0. The third kappa shape index (κ3) is 6.83. The maximum Gasteiger partial charge on any atom is 0.326 e. The number of ether oxygens (including phenoxy) is 5.